The Bertz CT molecular complexity index is 1270. The summed E-state index contributed by atoms with van der Waals surface area (Å²) in [5.41, 5.74) is 2.91. The van der Waals surface area contributed by atoms with Gasteiger partial charge in [0, 0.05) is 33.6 Å². The smallest absolute Gasteiger partial charge is 0.323 e. The zero-order chi connectivity index (χ0) is 23.9. The minimum Gasteiger partial charge on any atom is -0.497 e. The summed E-state index contributed by atoms with van der Waals surface area (Å²) < 4.78 is 5.46. The number of carbonyl (C=O) groups excluding carboxylic acids is 2. The lowest BCUT2D eigenvalue weighted by molar-refractivity contribution is -0.123. The Morgan fingerprint density at radius 2 is 1.88 bits per heavy atom. The number of nitrogens with zero attached hydrogens (tertiary/aromatic N) is 2. The molecule has 0 radical (unpaired) electrons. The monoisotopic (exact) mass is 513 g/mol. The largest absolute Gasteiger partial charge is 0.497 e. The molecular formula is C25H21Cl2N3O3S. The molecule has 3 aromatic carbocycles. The molecule has 0 aliphatic carbocycles. The number of urea groups is 1. The van der Waals surface area contributed by atoms with Gasteiger partial charge in [0.05, 0.1) is 19.3 Å². The van der Waals surface area contributed by atoms with Crippen molar-refractivity contribution in [1.29, 1.82) is 0 Å². The van der Waals surface area contributed by atoms with Gasteiger partial charge in [0.25, 0.3) is 5.91 Å². The highest BCUT2D eigenvalue weighted by Crippen LogP contribution is 2.55. The highest BCUT2D eigenvalue weighted by molar-refractivity contribution is 8.01. The van der Waals surface area contributed by atoms with E-state index in [2.05, 4.69) is 5.32 Å². The van der Waals surface area contributed by atoms with Gasteiger partial charge in [0.2, 0.25) is 0 Å². The molecule has 5 rings (SSSR count). The topological polar surface area (TPSA) is 61.9 Å². The Labute approximate surface area is 211 Å². The van der Waals surface area contributed by atoms with Gasteiger partial charge in [-0.2, -0.15) is 0 Å². The number of thioether (sulfide) groups is 1. The maximum Gasteiger partial charge on any atom is 0.323 e. The van der Waals surface area contributed by atoms with Gasteiger partial charge in [0.1, 0.15) is 5.75 Å². The molecule has 6 nitrogen and oxygen atoms in total. The summed E-state index contributed by atoms with van der Waals surface area (Å²) >= 11 is 13.8. The molecule has 0 bridgehead atoms. The first kappa shape index (κ1) is 22.9. The second kappa shape index (κ2) is 9.06. The van der Waals surface area contributed by atoms with Crippen LogP contribution in [0.1, 0.15) is 11.1 Å². The summed E-state index contributed by atoms with van der Waals surface area (Å²) in [5.74, 6) is 1.07. The molecule has 2 aliphatic rings. The van der Waals surface area contributed by atoms with E-state index in [0.717, 1.165) is 16.8 Å². The molecule has 1 spiro atoms. The second-order valence-electron chi connectivity index (χ2n) is 7.95. The molecule has 1 atom stereocenters. The van der Waals surface area contributed by atoms with Crippen LogP contribution in [0.25, 0.3) is 0 Å². The predicted molar refractivity (Wildman–Crippen MR) is 137 cm³/mol. The van der Waals surface area contributed by atoms with E-state index in [1.54, 1.807) is 47.2 Å². The van der Waals surface area contributed by atoms with E-state index in [4.69, 9.17) is 27.9 Å². The van der Waals surface area contributed by atoms with Crippen molar-refractivity contribution in [3.05, 3.63) is 87.9 Å². The van der Waals surface area contributed by atoms with Crippen LogP contribution in [0.5, 0.6) is 5.75 Å². The standard InChI is InChI=1S/C25H21Cl2N3O3S/c1-33-19-10-11-22-20(14-19)25(23(31)29(22)15-16-4-2-3-5-21(16)27)30(12-13-34-25)24(32)28-18-8-6-17(26)7-9-18/h2-11,14H,12-13,15H2,1H3,(H,28,32)/t25-/m1/s1. The van der Waals surface area contributed by atoms with Gasteiger partial charge in [0.15, 0.2) is 4.87 Å². The number of benzene rings is 3. The van der Waals surface area contributed by atoms with Crippen LogP contribution >= 0.6 is 35.0 Å². The Morgan fingerprint density at radius 3 is 2.62 bits per heavy atom. The van der Waals surface area contributed by atoms with E-state index in [9.17, 15) is 9.59 Å². The quantitative estimate of drug-likeness (QED) is 0.465. The molecule has 1 saturated heterocycles. The lowest BCUT2D eigenvalue weighted by atomic mass is 10.1. The number of carbonyl (C=O) groups is 2. The van der Waals surface area contributed by atoms with Crippen molar-refractivity contribution in [3.8, 4) is 5.75 Å². The van der Waals surface area contributed by atoms with Crippen LogP contribution in [0.15, 0.2) is 66.7 Å². The van der Waals surface area contributed by atoms with E-state index in [-0.39, 0.29) is 11.9 Å². The molecule has 1 fully saturated rings. The van der Waals surface area contributed by atoms with E-state index < -0.39 is 4.87 Å². The maximum atomic E-state index is 14.1. The number of hydrogen-bond donors (Lipinski definition) is 1. The van der Waals surface area contributed by atoms with Crippen LogP contribution in [-0.4, -0.2) is 36.2 Å². The molecule has 0 unspecified atom stereocenters. The number of amides is 3. The Balaban J connectivity index is 1.55. The molecular weight excluding hydrogens is 493 g/mol. The Morgan fingerprint density at radius 1 is 1.12 bits per heavy atom. The van der Waals surface area contributed by atoms with Crippen molar-refractivity contribution in [2.75, 3.05) is 29.6 Å². The van der Waals surface area contributed by atoms with E-state index >= 15 is 0 Å². The van der Waals surface area contributed by atoms with Gasteiger partial charge in [-0.25, -0.2) is 4.79 Å². The van der Waals surface area contributed by atoms with Crippen LogP contribution < -0.4 is 15.0 Å². The third-order valence-corrected chi connectivity index (χ3v) is 8.07. The summed E-state index contributed by atoms with van der Waals surface area (Å²) in [4.78, 5) is 29.7. The number of ether oxygens (including phenoxy) is 1. The average Bonchev–Trinajstić information content (AvgIpc) is 3.39. The van der Waals surface area contributed by atoms with Crippen LogP contribution in [0.2, 0.25) is 10.0 Å². The lowest BCUT2D eigenvalue weighted by Crippen LogP contribution is -2.51. The molecule has 34 heavy (non-hydrogen) atoms. The summed E-state index contributed by atoms with van der Waals surface area (Å²) in [6.07, 6.45) is 0. The normalized spacial score (nSPS) is 19.0. The number of nitrogens with one attached hydrogen (secondary N) is 1. The first-order valence-electron chi connectivity index (χ1n) is 10.7. The van der Waals surface area contributed by atoms with Gasteiger partial charge in [-0.3, -0.25) is 9.69 Å². The van der Waals surface area contributed by atoms with Crippen LogP contribution in [0.4, 0.5) is 16.2 Å². The third kappa shape index (κ3) is 3.78. The van der Waals surface area contributed by atoms with E-state index in [1.165, 1.54) is 11.8 Å². The number of halogens is 2. The molecule has 0 saturated carbocycles. The SMILES string of the molecule is COc1ccc2c(c1)[C@@]1(SCCN1C(=O)Nc1ccc(Cl)cc1)C(=O)N2Cc1ccccc1Cl. The molecule has 2 heterocycles. The van der Waals surface area contributed by atoms with E-state index in [0.29, 0.717) is 40.3 Å². The van der Waals surface area contributed by atoms with Gasteiger partial charge in [-0.15, -0.1) is 11.8 Å². The molecule has 1 N–H and O–H groups in total. The van der Waals surface area contributed by atoms with Crippen LogP contribution in [-0.2, 0) is 16.2 Å². The predicted octanol–water partition coefficient (Wildman–Crippen LogP) is 5.98. The van der Waals surface area contributed by atoms with Gasteiger partial charge < -0.3 is 15.0 Å². The fourth-order valence-electron chi connectivity index (χ4n) is 4.40. The number of rotatable bonds is 4. The van der Waals surface area contributed by atoms with Gasteiger partial charge >= 0.3 is 6.03 Å². The van der Waals surface area contributed by atoms with Crippen molar-refractivity contribution < 1.29 is 14.3 Å². The van der Waals surface area contributed by atoms with Gasteiger partial charge in [-0.05, 0) is 54.1 Å². The van der Waals surface area contributed by atoms with Crippen molar-refractivity contribution in [2.24, 2.45) is 0 Å². The average molecular weight is 514 g/mol. The number of anilines is 2. The first-order valence-corrected chi connectivity index (χ1v) is 12.4. The summed E-state index contributed by atoms with van der Waals surface area (Å²) in [5, 5.41) is 4.07. The molecule has 3 amide bonds. The molecule has 0 aromatic heterocycles. The molecule has 3 aromatic rings. The Kier molecular flexibility index (Phi) is 6.10. The zero-order valence-corrected chi connectivity index (χ0v) is 20.6. The molecule has 9 heteroatoms. The summed E-state index contributed by atoms with van der Waals surface area (Å²) in [6, 6.07) is 19.5. The molecule has 2 aliphatic heterocycles. The fraction of sp³-hybridized carbons (Fsp3) is 0.200. The maximum absolute atomic E-state index is 14.1. The highest BCUT2D eigenvalue weighted by atomic mass is 35.5. The van der Waals surface area contributed by atoms with Crippen LogP contribution in [0.3, 0.4) is 0 Å². The Hall–Kier alpha value is -2.87. The molecule has 174 valence electrons. The lowest BCUT2D eigenvalue weighted by Gasteiger charge is -2.33. The highest BCUT2D eigenvalue weighted by Gasteiger charge is 2.59. The van der Waals surface area contributed by atoms with E-state index in [1.807, 2.05) is 36.4 Å². The van der Waals surface area contributed by atoms with Crippen LogP contribution in [0, 0.1) is 0 Å². The first-order chi connectivity index (χ1) is 16.4. The van der Waals surface area contributed by atoms with Gasteiger partial charge in [-0.1, -0.05) is 41.4 Å². The number of fused-ring (bicyclic) bond motifs is 2. The van der Waals surface area contributed by atoms with Crippen molar-refractivity contribution in [2.45, 2.75) is 11.4 Å². The fourth-order valence-corrected chi connectivity index (χ4v) is 6.17. The number of hydrogen-bond acceptors (Lipinski definition) is 4. The second-order valence-corrected chi connectivity index (χ2v) is 10.1. The zero-order valence-electron chi connectivity index (χ0n) is 18.3. The van der Waals surface area contributed by atoms with Crippen molar-refractivity contribution in [3.63, 3.8) is 0 Å². The summed E-state index contributed by atoms with van der Waals surface area (Å²) in [7, 11) is 1.58. The third-order valence-electron chi connectivity index (χ3n) is 6.03. The minimum absolute atomic E-state index is 0.176. The van der Waals surface area contributed by atoms with Crippen molar-refractivity contribution in [1.82, 2.24) is 4.90 Å². The summed E-state index contributed by atoms with van der Waals surface area (Å²) in [6.45, 7) is 0.721. The van der Waals surface area contributed by atoms with Crippen molar-refractivity contribution >= 4 is 58.3 Å². The minimum atomic E-state index is -1.19. The number of methoxy groups -OCH3 is 1.